The molecule has 6 nitrogen and oxygen atoms in total. The number of rotatable bonds is 4. The van der Waals surface area contributed by atoms with Gasteiger partial charge in [0, 0.05) is 50.0 Å². The highest BCUT2D eigenvalue weighted by atomic mass is 16.2. The zero-order valence-corrected chi connectivity index (χ0v) is 16.6. The van der Waals surface area contributed by atoms with E-state index in [1.807, 2.05) is 0 Å². The minimum Gasteiger partial charge on any atom is -0.346 e. The number of benzene rings is 1. The predicted octanol–water partition coefficient (Wildman–Crippen LogP) is 1.68. The lowest BCUT2D eigenvalue weighted by atomic mass is 9.98. The molecule has 0 bridgehead atoms. The van der Waals surface area contributed by atoms with Gasteiger partial charge in [0.25, 0.3) is 0 Å². The molecule has 0 aliphatic carbocycles. The molecule has 2 N–H and O–H groups in total. The first-order chi connectivity index (χ1) is 13.0. The van der Waals surface area contributed by atoms with Crippen LogP contribution in [0, 0.1) is 5.92 Å². The van der Waals surface area contributed by atoms with E-state index in [1.165, 1.54) is 10.9 Å². The van der Waals surface area contributed by atoms with E-state index < -0.39 is 0 Å². The zero-order valence-electron chi connectivity index (χ0n) is 16.6. The Morgan fingerprint density at radius 1 is 1.19 bits per heavy atom. The number of amides is 1. The quantitative estimate of drug-likeness (QED) is 0.861. The van der Waals surface area contributed by atoms with E-state index in [4.69, 9.17) is 0 Å². The fourth-order valence-corrected chi connectivity index (χ4v) is 4.44. The molecule has 146 valence electrons. The number of hydrazine groups is 1. The first kappa shape index (κ1) is 18.5. The van der Waals surface area contributed by atoms with Gasteiger partial charge in [0.15, 0.2) is 0 Å². The van der Waals surface area contributed by atoms with Gasteiger partial charge in [-0.15, -0.1) is 0 Å². The number of fused-ring (bicyclic) bond motifs is 1. The van der Waals surface area contributed by atoms with E-state index >= 15 is 0 Å². The van der Waals surface area contributed by atoms with Crippen molar-refractivity contribution in [3.05, 3.63) is 36.5 Å². The molecule has 3 atom stereocenters. The van der Waals surface area contributed by atoms with Gasteiger partial charge in [0.2, 0.25) is 5.91 Å². The Bertz CT molecular complexity index is 801. The fraction of sp³-hybridized carbons (Fsp3) is 0.571. The Balaban J connectivity index is 1.40. The maximum absolute atomic E-state index is 13.2. The first-order valence-electron chi connectivity index (χ1n) is 10.1. The third-order valence-electron chi connectivity index (χ3n) is 6.05. The van der Waals surface area contributed by atoms with Crippen molar-refractivity contribution in [2.45, 2.75) is 44.9 Å². The molecule has 0 saturated carbocycles. The molecular formula is C21H31N5O. The third-order valence-corrected chi connectivity index (χ3v) is 6.05. The topological polar surface area (TPSA) is 52.5 Å². The van der Waals surface area contributed by atoms with Gasteiger partial charge in [-0.05, 0) is 36.9 Å². The molecule has 1 aromatic carbocycles. The number of carbonyl (C=O) groups excluding carboxylic acids is 1. The van der Waals surface area contributed by atoms with Crippen LogP contribution in [0.15, 0.2) is 36.5 Å². The summed E-state index contributed by atoms with van der Waals surface area (Å²) in [7, 11) is 2.14. The summed E-state index contributed by atoms with van der Waals surface area (Å²) >= 11 is 0. The summed E-state index contributed by atoms with van der Waals surface area (Å²) in [5.74, 6) is 0.710. The van der Waals surface area contributed by atoms with Crippen LogP contribution in [-0.4, -0.2) is 65.1 Å². The first-order valence-corrected chi connectivity index (χ1v) is 10.1. The Hall–Kier alpha value is -1.89. The van der Waals surface area contributed by atoms with Crippen molar-refractivity contribution in [3.63, 3.8) is 0 Å². The largest absolute Gasteiger partial charge is 0.346 e. The Morgan fingerprint density at radius 3 is 2.81 bits per heavy atom. The smallest absolute Gasteiger partial charge is 0.241 e. The minimum atomic E-state index is -0.138. The molecular weight excluding hydrogens is 338 g/mol. The average molecular weight is 370 g/mol. The van der Waals surface area contributed by atoms with E-state index in [2.05, 4.69) is 82.6 Å². The second-order valence-electron chi connectivity index (χ2n) is 8.41. The van der Waals surface area contributed by atoms with Gasteiger partial charge in [-0.1, -0.05) is 32.0 Å². The number of likely N-dealkylation sites (N-methyl/N-ethyl adjacent to an activating group) is 1. The van der Waals surface area contributed by atoms with Crippen LogP contribution in [0.4, 0.5) is 0 Å². The average Bonchev–Trinajstić information content (AvgIpc) is 3.29. The summed E-state index contributed by atoms with van der Waals surface area (Å²) in [6.45, 7) is 8.02. The third kappa shape index (κ3) is 3.74. The van der Waals surface area contributed by atoms with Crippen molar-refractivity contribution in [2.75, 3.05) is 26.7 Å². The number of carbonyl (C=O) groups is 1. The molecule has 2 aromatic rings. The van der Waals surface area contributed by atoms with Crippen LogP contribution in [0.25, 0.3) is 10.9 Å². The highest BCUT2D eigenvalue weighted by Gasteiger charge is 2.37. The highest BCUT2D eigenvalue weighted by Crippen LogP contribution is 2.21. The van der Waals surface area contributed by atoms with E-state index in [1.54, 1.807) is 0 Å². The SMILES string of the molecule is CC(C)[C@H]1CN(C)CCN1C(=O)C1CC(Cn2ccc3ccccc32)NN1. The number of aromatic nitrogens is 1. The molecule has 2 unspecified atom stereocenters. The van der Waals surface area contributed by atoms with Crippen molar-refractivity contribution >= 4 is 16.8 Å². The highest BCUT2D eigenvalue weighted by molar-refractivity contribution is 5.83. The summed E-state index contributed by atoms with van der Waals surface area (Å²) in [6, 6.07) is 11.0. The van der Waals surface area contributed by atoms with Gasteiger partial charge >= 0.3 is 0 Å². The Kier molecular flexibility index (Phi) is 5.21. The molecule has 4 rings (SSSR count). The van der Waals surface area contributed by atoms with Crippen molar-refractivity contribution in [1.82, 2.24) is 25.2 Å². The summed E-state index contributed by atoms with van der Waals surface area (Å²) in [5, 5.41) is 1.26. The lowest BCUT2D eigenvalue weighted by Gasteiger charge is -2.43. The lowest BCUT2D eigenvalue weighted by molar-refractivity contribution is -0.139. The molecule has 2 aliphatic rings. The van der Waals surface area contributed by atoms with E-state index in [0.717, 1.165) is 32.6 Å². The number of hydrogen-bond donors (Lipinski definition) is 2. The number of hydrogen-bond acceptors (Lipinski definition) is 4. The number of nitrogens with zero attached hydrogens (tertiary/aromatic N) is 3. The van der Waals surface area contributed by atoms with Crippen molar-refractivity contribution < 1.29 is 4.79 Å². The van der Waals surface area contributed by atoms with Gasteiger partial charge in [0.05, 0.1) is 0 Å². The molecule has 1 amide bonds. The predicted molar refractivity (Wildman–Crippen MR) is 108 cm³/mol. The van der Waals surface area contributed by atoms with Crippen LogP contribution in [-0.2, 0) is 11.3 Å². The minimum absolute atomic E-state index is 0.138. The molecule has 3 heterocycles. The van der Waals surface area contributed by atoms with Gasteiger partial charge in [-0.3, -0.25) is 10.2 Å². The van der Waals surface area contributed by atoms with Crippen LogP contribution >= 0.6 is 0 Å². The summed E-state index contributed by atoms with van der Waals surface area (Å²) in [5.41, 5.74) is 7.86. The van der Waals surface area contributed by atoms with Crippen LogP contribution in [0.1, 0.15) is 20.3 Å². The number of para-hydroxylation sites is 1. The summed E-state index contributed by atoms with van der Waals surface area (Å²) < 4.78 is 2.27. The van der Waals surface area contributed by atoms with Crippen molar-refractivity contribution in [2.24, 2.45) is 5.92 Å². The monoisotopic (exact) mass is 369 g/mol. The number of nitrogens with one attached hydrogen (secondary N) is 2. The van der Waals surface area contributed by atoms with Gasteiger partial charge in [0.1, 0.15) is 6.04 Å². The van der Waals surface area contributed by atoms with Gasteiger partial charge in [-0.2, -0.15) is 0 Å². The van der Waals surface area contributed by atoms with E-state index in [9.17, 15) is 4.79 Å². The Labute approximate surface area is 161 Å². The van der Waals surface area contributed by atoms with Gasteiger partial charge in [-0.25, -0.2) is 5.43 Å². The molecule has 6 heteroatoms. The van der Waals surface area contributed by atoms with E-state index in [-0.39, 0.29) is 18.0 Å². The molecule has 27 heavy (non-hydrogen) atoms. The molecule has 0 spiro atoms. The summed E-state index contributed by atoms with van der Waals surface area (Å²) in [6.07, 6.45) is 2.96. The van der Waals surface area contributed by atoms with Crippen LogP contribution in [0.5, 0.6) is 0 Å². The molecule has 2 aliphatic heterocycles. The fourth-order valence-electron chi connectivity index (χ4n) is 4.44. The normalized spacial score (nSPS) is 27.0. The van der Waals surface area contributed by atoms with Gasteiger partial charge < -0.3 is 14.4 Å². The second kappa shape index (κ2) is 7.62. The lowest BCUT2D eigenvalue weighted by Crippen LogP contribution is -2.59. The molecule has 2 saturated heterocycles. The molecule has 0 radical (unpaired) electrons. The number of piperazine rings is 1. The van der Waals surface area contributed by atoms with Crippen LogP contribution < -0.4 is 10.9 Å². The van der Waals surface area contributed by atoms with Crippen LogP contribution in [0.3, 0.4) is 0 Å². The molecule has 1 aromatic heterocycles. The maximum atomic E-state index is 13.2. The van der Waals surface area contributed by atoms with Crippen LogP contribution in [0.2, 0.25) is 0 Å². The standard InChI is InChI=1S/C21H31N5O/c1-15(2)20-14-24(3)10-11-26(20)21(27)18-12-17(22-23-18)13-25-9-8-16-6-4-5-7-19(16)25/h4-9,15,17-18,20,22-23H,10-14H2,1-3H3/t17?,18?,20-/m1/s1. The van der Waals surface area contributed by atoms with Crippen molar-refractivity contribution in [3.8, 4) is 0 Å². The second-order valence-corrected chi connectivity index (χ2v) is 8.41. The summed E-state index contributed by atoms with van der Waals surface area (Å²) in [4.78, 5) is 17.6. The van der Waals surface area contributed by atoms with E-state index in [0.29, 0.717) is 12.0 Å². The zero-order chi connectivity index (χ0) is 19.0. The molecule has 2 fully saturated rings. The Morgan fingerprint density at radius 2 is 2.00 bits per heavy atom. The maximum Gasteiger partial charge on any atom is 0.241 e. The van der Waals surface area contributed by atoms with Crippen molar-refractivity contribution in [1.29, 1.82) is 0 Å².